The Morgan fingerprint density at radius 2 is 2.11 bits per heavy atom. The Morgan fingerprint density at radius 3 is 2.56 bits per heavy atom. The fourth-order valence-corrected chi connectivity index (χ4v) is 3.51. The summed E-state index contributed by atoms with van der Waals surface area (Å²) in [5, 5.41) is 0.0973. The van der Waals surface area contributed by atoms with Crippen LogP contribution in [-0.2, 0) is 4.79 Å². The van der Waals surface area contributed by atoms with Crippen molar-refractivity contribution in [2.45, 2.75) is 52.3 Å². The van der Waals surface area contributed by atoms with Crippen LogP contribution in [0.3, 0.4) is 0 Å². The monoisotopic (exact) mass is 272 g/mol. The van der Waals surface area contributed by atoms with Gasteiger partial charge < -0.3 is 10.6 Å². The van der Waals surface area contributed by atoms with Crippen molar-refractivity contribution in [3.63, 3.8) is 0 Å². The van der Waals surface area contributed by atoms with Gasteiger partial charge in [-0.15, -0.1) is 11.8 Å². The van der Waals surface area contributed by atoms with E-state index in [0.717, 1.165) is 25.3 Å². The summed E-state index contributed by atoms with van der Waals surface area (Å²) in [6.45, 7) is 12.3. The predicted octanol–water partition coefficient (Wildman–Crippen LogP) is 2.35. The summed E-state index contributed by atoms with van der Waals surface area (Å²) >= 11 is 1.76. The summed E-state index contributed by atoms with van der Waals surface area (Å²) in [5.41, 5.74) is 6.16. The Hall–Kier alpha value is -0.220. The first-order valence-corrected chi connectivity index (χ1v) is 8.00. The zero-order chi connectivity index (χ0) is 13.9. The number of piperidine rings is 1. The zero-order valence-electron chi connectivity index (χ0n) is 12.4. The van der Waals surface area contributed by atoms with Gasteiger partial charge in [0.2, 0.25) is 5.91 Å². The van der Waals surface area contributed by atoms with E-state index in [4.69, 9.17) is 5.73 Å². The van der Waals surface area contributed by atoms with Crippen LogP contribution in [0.2, 0.25) is 0 Å². The highest BCUT2D eigenvalue weighted by atomic mass is 32.2. The number of rotatable bonds is 4. The standard InChI is InChI=1S/C14H28N2OS/c1-6-18-12(10(2)3)13(17)16-8-7-11(15)14(4,5)9-16/h10-12H,6-9,15H2,1-5H3. The molecule has 4 heteroatoms. The molecule has 0 aromatic carbocycles. The van der Waals surface area contributed by atoms with E-state index in [-0.39, 0.29) is 16.7 Å². The van der Waals surface area contributed by atoms with Gasteiger partial charge in [-0.05, 0) is 23.5 Å². The van der Waals surface area contributed by atoms with Crippen LogP contribution in [0.4, 0.5) is 0 Å². The Labute approximate surface area is 116 Å². The number of thioether (sulfide) groups is 1. The first-order chi connectivity index (χ1) is 8.29. The Morgan fingerprint density at radius 1 is 1.50 bits per heavy atom. The molecule has 1 aliphatic heterocycles. The third kappa shape index (κ3) is 3.64. The molecule has 1 amide bonds. The molecule has 0 aromatic rings. The van der Waals surface area contributed by atoms with Crippen LogP contribution in [0.15, 0.2) is 0 Å². The maximum atomic E-state index is 12.6. The maximum Gasteiger partial charge on any atom is 0.235 e. The predicted molar refractivity (Wildman–Crippen MR) is 79.7 cm³/mol. The Kier molecular flexibility index (Phi) is 5.53. The molecule has 0 aliphatic carbocycles. The van der Waals surface area contributed by atoms with Crippen LogP contribution in [0, 0.1) is 11.3 Å². The van der Waals surface area contributed by atoms with Gasteiger partial charge in [-0.2, -0.15) is 0 Å². The molecule has 2 unspecified atom stereocenters. The van der Waals surface area contributed by atoms with E-state index in [9.17, 15) is 4.79 Å². The molecule has 0 bridgehead atoms. The molecule has 1 rings (SSSR count). The first-order valence-electron chi connectivity index (χ1n) is 6.95. The van der Waals surface area contributed by atoms with Gasteiger partial charge in [0, 0.05) is 19.1 Å². The minimum Gasteiger partial charge on any atom is -0.341 e. The highest BCUT2D eigenvalue weighted by Crippen LogP contribution is 2.30. The molecule has 0 spiro atoms. The van der Waals surface area contributed by atoms with Crippen molar-refractivity contribution in [3.8, 4) is 0 Å². The Bertz CT molecular complexity index is 292. The third-order valence-corrected chi connectivity index (χ3v) is 5.26. The summed E-state index contributed by atoms with van der Waals surface area (Å²) in [7, 11) is 0. The molecule has 0 radical (unpaired) electrons. The van der Waals surface area contributed by atoms with Crippen molar-refractivity contribution in [1.29, 1.82) is 0 Å². The number of nitrogens with two attached hydrogens (primary N) is 1. The number of likely N-dealkylation sites (tertiary alicyclic amines) is 1. The lowest BCUT2D eigenvalue weighted by atomic mass is 9.79. The lowest BCUT2D eigenvalue weighted by Gasteiger charge is -2.43. The molecule has 1 aliphatic rings. The summed E-state index contributed by atoms with van der Waals surface area (Å²) in [5.74, 6) is 1.68. The number of nitrogens with zero attached hydrogens (tertiary/aromatic N) is 1. The summed E-state index contributed by atoms with van der Waals surface area (Å²) in [6, 6.07) is 0.206. The molecule has 0 aromatic heterocycles. The zero-order valence-corrected chi connectivity index (χ0v) is 13.2. The van der Waals surface area contributed by atoms with Gasteiger partial charge >= 0.3 is 0 Å². The van der Waals surface area contributed by atoms with Crippen LogP contribution in [0.25, 0.3) is 0 Å². The van der Waals surface area contributed by atoms with Crippen molar-refractivity contribution in [2.75, 3.05) is 18.8 Å². The number of carbonyl (C=O) groups is 1. The average Bonchev–Trinajstić information content (AvgIpc) is 2.28. The minimum absolute atomic E-state index is 0.0340. The molecule has 3 nitrogen and oxygen atoms in total. The second-order valence-electron chi connectivity index (χ2n) is 6.26. The highest BCUT2D eigenvalue weighted by Gasteiger charge is 2.37. The SMILES string of the molecule is CCSC(C(=O)N1CCC(N)C(C)(C)C1)C(C)C. The van der Waals surface area contributed by atoms with Crippen LogP contribution >= 0.6 is 11.8 Å². The third-order valence-electron chi connectivity index (χ3n) is 3.82. The molecular formula is C14H28N2OS. The largest absolute Gasteiger partial charge is 0.341 e. The molecule has 1 fully saturated rings. The van der Waals surface area contributed by atoms with E-state index in [2.05, 4.69) is 34.6 Å². The van der Waals surface area contributed by atoms with Crippen LogP contribution in [-0.4, -0.2) is 40.9 Å². The molecule has 1 heterocycles. The summed E-state index contributed by atoms with van der Waals surface area (Å²) in [6.07, 6.45) is 0.917. The summed E-state index contributed by atoms with van der Waals surface area (Å²) in [4.78, 5) is 14.6. The van der Waals surface area contributed by atoms with Crippen molar-refractivity contribution in [1.82, 2.24) is 4.90 Å². The molecule has 1 saturated heterocycles. The number of hydrogen-bond acceptors (Lipinski definition) is 3. The van der Waals surface area contributed by atoms with Gasteiger partial charge in [0.05, 0.1) is 5.25 Å². The van der Waals surface area contributed by atoms with Crippen LogP contribution in [0.5, 0.6) is 0 Å². The average molecular weight is 272 g/mol. The minimum atomic E-state index is 0.0340. The van der Waals surface area contributed by atoms with Gasteiger partial charge in [0.1, 0.15) is 0 Å². The number of amides is 1. The lowest BCUT2D eigenvalue weighted by Crippen LogP contribution is -2.55. The summed E-state index contributed by atoms with van der Waals surface area (Å²) < 4.78 is 0. The van der Waals surface area contributed by atoms with E-state index < -0.39 is 0 Å². The van der Waals surface area contributed by atoms with Gasteiger partial charge in [-0.25, -0.2) is 0 Å². The van der Waals surface area contributed by atoms with Gasteiger partial charge in [0.15, 0.2) is 0 Å². The van der Waals surface area contributed by atoms with E-state index in [1.807, 2.05) is 4.90 Å². The lowest BCUT2D eigenvalue weighted by molar-refractivity contribution is -0.134. The van der Waals surface area contributed by atoms with Gasteiger partial charge in [0.25, 0.3) is 0 Å². The molecule has 106 valence electrons. The van der Waals surface area contributed by atoms with Crippen LogP contribution < -0.4 is 5.73 Å². The highest BCUT2D eigenvalue weighted by molar-refractivity contribution is 8.00. The first kappa shape index (κ1) is 15.8. The maximum absolute atomic E-state index is 12.6. The number of carbonyl (C=O) groups excluding carboxylic acids is 1. The molecule has 18 heavy (non-hydrogen) atoms. The fourth-order valence-electron chi connectivity index (χ4n) is 2.47. The van der Waals surface area contributed by atoms with Crippen molar-refractivity contribution in [2.24, 2.45) is 17.1 Å². The smallest absolute Gasteiger partial charge is 0.235 e. The van der Waals surface area contributed by atoms with Crippen molar-refractivity contribution in [3.05, 3.63) is 0 Å². The topological polar surface area (TPSA) is 46.3 Å². The van der Waals surface area contributed by atoms with E-state index in [1.165, 1.54) is 0 Å². The second kappa shape index (κ2) is 6.29. The molecule has 2 N–H and O–H groups in total. The normalized spacial score (nSPS) is 25.3. The van der Waals surface area contributed by atoms with E-state index in [0.29, 0.717) is 11.8 Å². The molecule has 0 saturated carbocycles. The molecule has 2 atom stereocenters. The van der Waals surface area contributed by atoms with Gasteiger partial charge in [-0.3, -0.25) is 4.79 Å². The number of hydrogen-bond donors (Lipinski definition) is 1. The quantitative estimate of drug-likeness (QED) is 0.854. The molecular weight excluding hydrogens is 244 g/mol. The Balaban J connectivity index is 2.71. The second-order valence-corrected chi connectivity index (χ2v) is 7.68. The van der Waals surface area contributed by atoms with E-state index >= 15 is 0 Å². The van der Waals surface area contributed by atoms with Crippen molar-refractivity contribution < 1.29 is 4.79 Å². The van der Waals surface area contributed by atoms with E-state index in [1.54, 1.807) is 11.8 Å². The van der Waals surface area contributed by atoms with Crippen LogP contribution in [0.1, 0.15) is 41.0 Å². The van der Waals surface area contributed by atoms with Gasteiger partial charge in [-0.1, -0.05) is 34.6 Å². The van der Waals surface area contributed by atoms with Crippen molar-refractivity contribution >= 4 is 17.7 Å². The fraction of sp³-hybridized carbons (Fsp3) is 0.929.